The lowest BCUT2D eigenvalue weighted by molar-refractivity contribution is -0.708. The molecular formula is C18H24NO2+. The summed E-state index contributed by atoms with van der Waals surface area (Å²) in [5.74, 6) is 1.66. The largest absolute Gasteiger partial charge is 0.493 e. The number of hydrogen-bond donors (Lipinski definition) is 1. The van der Waals surface area contributed by atoms with Gasteiger partial charge in [-0.25, -0.2) is 0 Å². The van der Waals surface area contributed by atoms with Gasteiger partial charge in [-0.2, -0.15) is 0 Å². The van der Waals surface area contributed by atoms with E-state index in [0.29, 0.717) is 12.6 Å². The Morgan fingerprint density at radius 2 is 1.81 bits per heavy atom. The third-order valence-electron chi connectivity index (χ3n) is 3.59. The topological polar surface area (TPSA) is 35.1 Å². The van der Waals surface area contributed by atoms with Gasteiger partial charge in [0.05, 0.1) is 19.3 Å². The van der Waals surface area contributed by atoms with E-state index in [1.54, 1.807) is 7.11 Å². The first-order valence-corrected chi connectivity index (χ1v) is 7.43. The maximum atomic E-state index is 5.75. The van der Waals surface area contributed by atoms with Crippen LogP contribution in [-0.4, -0.2) is 13.7 Å². The molecule has 2 aromatic carbocycles. The van der Waals surface area contributed by atoms with Crippen LogP contribution in [0.1, 0.15) is 31.0 Å². The van der Waals surface area contributed by atoms with Gasteiger partial charge in [0.2, 0.25) is 0 Å². The van der Waals surface area contributed by atoms with Crippen molar-refractivity contribution in [3.05, 3.63) is 59.7 Å². The molecule has 3 heteroatoms. The van der Waals surface area contributed by atoms with Gasteiger partial charge < -0.3 is 14.8 Å². The fourth-order valence-corrected chi connectivity index (χ4v) is 2.39. The molecule has 0 aromatic heterocycles. The Morgan fingerprint density at radius 1 is 1.05 bits per heavy atom. The molecule has 0 aliphatic heterocycles. The first-order chi connectivity index (χ1) is 10.3. The zero-order valence-corrected chi connectivity index (χ0v) is 13.0. The molecule has 2 aromatic rings. The van der Waals surface area contributed by atoms with E-state index in [-0.39, 0.29) is 0 Å². The standard InChI is InChI=1S/C18H23NO2/c1-4-21-18-16(11-8-12-17(18)20-3)13-19-14(2)15-9-6-5-7-10-15/h5-12,14,19H,4,13H2,1-3H3/p+1/t14-/m1/s1. The van der Waals surface area contributed by atoms with Crippen LogP contribution < -0.4 is 14.8 Å². The van der Waals surface area contributed by atoms with Crippen molar-refractivity contribution >= 4 is 0 Å². The molecule has 0 radical (unpaired) electrons. The van der Waals surface area contributed by atoms with E-state index in [1.807, 2.05) is 25.1 Å². The van der Waals surface area contributed by atoms with Crippen molar-refractivity contribution in [2.75, 3.05) is 13.7 Å². The first-order valence-electron chi connectivity index (χ1n) is 7.43. The maximum Gasteiger partial charge on any atom is 0.169 e. The van der Waals surface area contributed by atoms with Crippen molar-refractivity contribution in [3.8, 4) is 11.5 Å². The van der Waals surface area contributed by atoms with Crippen molar-refractivity contribution < 1.29 is 14.8 Å². The molecule has 2 rings (SSSR count). The third-order valence-corrected chi connectivity index (χ3v) is 3.59. The molecule has 0 amide bonds. The maximum absolute atomic E-state index is 5.75. The molecule has 1 atom stereocenters. The van der Waals surface area contributed by atoms with Crippen molar-refractivity contribution in [3.63, 3.8) is 0 Å². The summed E-state index contributed by atoms with van der Waals surface area (Å²) >= 11 is 0. The van der Waals surface area contributed by atoms with Crippen molar-refractivity contribution in [1.82, 2.24) is 0 Å². The highest BCUT2D eigenvalue weighted by Gasteiger charge is 2.14. The SMILES string of the molecule is CCOc1c(C[NH2+][C@H](C)c2ccccc2)cccc1OC. The molecule has 3 nitrogen and oxygen atoms in total. The average Bonchev–Trinajstić information content (AvgIpc) is 2.54. The smallest absolute Gasteiger partial charge is 0.169 e. The summed E-state index contributed by atoms with van der Waals surface area (Å²) in [6.07, 6.45) is 0. The summed E-state index contributed by atoms with van der Waals surface area (Å²) in [5.41, 5.74) is 2.50. The van der Waals surface area contributed by atoms with Crippen molar-refractivity contribution in [1.29, 1.82) is 0 Å². The molecule has 0 spiro atoms. The Balaban J connectivity index is 2.09. The fraction of sp³-hybridized carbons (Fsp3) is 0.333. The van der Waals surface area contributed by atoms with Gasteiger partial charge in [0, 0.05) is 5.56 Å². The van der Waals surface area contributed by atoms with Gasteiger partial charge in [-0.3, -0.25) is 0 Å². The quantitative estimate of drug-likeness (QED) is 0.849. The Bertz CT molecular complexity index is 554. The lowest BCUT2D eigenvalue weighted by atomic mass is 10.1. The van der Waals surface area contributed by atoms with E-state index in [9.17, 15) is 0 Å². The third kappa shape index (κ3) is 3.99. The summed E-state index contributed by atoms with van der Waals surface area (Å²) < 4.78 is 11.1. The zero-order valence-electron chi connectivity index (χ0n) is 13.0. The van der Waals surface area contributed by atoms with Gasteiger partial charge in [0.15, 0.2) is 11.5 Å². The number of hydrogen-bond acceptors (Lipinski definition) is 2. The lowest BCUT2D eigenvalue weighted by Crippen LogP contribution is -2.83. The molecule has 0 saturated carbocycles. The fourth-order valence-electron chi connectivity index (χ4n) is 2.39. The molecule has 0 heterocycles. The highest BCUT2D eigenvalue weighted by Crippen LogP contribution is 2.30. The monoisotopic (exact) mass is 286 g/mol. The molecule has 0 fully saturated rings. The molecular weight excluding hydrogens is 262 g/mol. The van der Waals surface area contributed by atoms with E-state index in [0.717, 1.165) is 18.0 Å². The molecule has 2 N–H and O–H groups in total. The number of para-hydroxylation sites is 1. The summed E-state index contributed by atoms with van der Waals surface area (Å²) in [6.45, 7) is 5.71. The van der Waals surface area contributed by atoms with Crippen LogP contribution in [0, 0.1) is 0 Å². The molecule has 0 bridgehead atoms. The van der Waals surface area contributed by atoms with Crippen molar-refractivity contribution in [2.45, 2.75) is 26.4 Å². The minimum Gasteiger partial charge on any atom is -0.493 e. The molecule has 0 aliphatic carbocycles. The lowest BCUT2D eigenvalue weighted by Gasteiger charge is -2.15. The van der Waals surface area contributed by atoms with Crippen LogP contribution >= 0.6 is 0 Å². The average molecular weight is 286 g/mol. The zero-order chi connectivity index (χ0) is 15.1. The molecule has 21 heavy (non-hydrogen) atoms. The van der Waals surface area contributed by atoms with Crippen molar-refractivity contribution in [2.24, 2.45) is 0 Å². The second-order valence-electron chi connectivity index (χ2n) is 5.02. The Kier molecular flexibility index (Phi) is 5.64. The second kappa shape index (κ2) is 7.70. The number of methoxy groups -OCH3 is 1. The van der Waals surface area contributed by atoms with Crippen LogP contribution in [0.15, 0.2) is 48.5 Å². The Morgan fingerprint density at radius 3 is 2.48 bits per heavy atom. The van der Waals surface area contributed by atoms with Crippen LogP contribution in [0.2, 0.25) is 0 Å². The first kappa shape index (κ1) is 15.4. The normalized spacial score (nSPS) is 12.0. The predicted octanol–water partition coefficient (Wildman–Crippen LogP) is 2.92. The van der Waals surface area contributed by atoms with E-state index in [2.05, 4.69) is 42.6 Å². The van der Waals surface area contributed by atoms with Crippen LogP contribution in [0.3, 0.4) is 0 Å². The summed E-state index contributed by atoms with van der Waals surface area (Å²) in [5, 5.41) is 2.31. The van der Waals surface area contributed by atoms with E-state index in [1.165, 1.54) is 11.1 Å². The van der Waals surface area contributed by atoms with Gasteiger partial charge in [-0.15, -0.1) is 0 Å². The number of rotatable bonds is 7. The van der Waals surface area contributed by atoms with Crippen LogP contribution in [-0.2, 0) is 6.54 Å². The number of ether oxygens (including phenoxy) is 2. The second-order valence-corrected chi connectivity index (χ2v) is 5.02. The highest BCUT2D eigenvalue weighted by atomic mass is 16.5. The van der Waals surface area contributed by atoms with Gasteiger partial charge in [0.1, 0.15) is 12.6 Å². The molecule has 112 valence electrons. The number of quaternary nitrogens is 1. The minimum absolute atomic E-state index is 0.409. The summed E-state index contributed by atoms with van der Waals surface area (Å²) in [7, 11) is 1.68. The Labute approximate surface area is 126 Å². The summed E-state index contributed by atoms with van der Waals surface area (Å²) in [4.78, 5) is 0. The predicted molar refractivity (Wildman–Crippen MR) is 84.6 cm³/mol. The minimum atomic E-state index is 0.409. The van der Waals surface area contributed by atoms with E-state index >= 15 is 0 Å². The van der Waals surface area contributed by atoms with Gasteiger partial charge in [-0.1, -0.05) is 36.4 Å². The summed E-state index contributed by atoms with van der Waals surface area (Å²) in [6, 6.07) is 17.0. The van der Waals surface area contributed by atoms with E-state index < -0.39 is 0 Å². The molecule has 0 saturated heterocycles. The highest BCUT2D eigenvalue weighted by molar-refractivity contribution is 5.46. The Hall–Kier alpha value is -2.00. The number of nitrogens with two attached hydrogens (primary N) is 1. The van der Waals surface area contributed by atoms with Gasteiger partial charge in [0.25, 0.3) is 0 Å². The van der Waals surface area contributed by atoms with Crippen LogP contribution in [0.4, 0.5) is 0 Å². The van der Waals surface area contributed by atoms with Gasteiger partial charge in [-0.05, 0) is 26.0 Å². The van der Waals surface area contributed by atoms with Crippen LogP contribution in [0.25, 0.3) is 0 Å². The van der Waals surface area contributed by atoms with Crippen LogP contribution in [0.5, 0.6) is 11.5 Å². The van der Waals surface area contributed by atoms with E-state index in [4.69, 9.17) is 9.47 Å². The number of benzene rings is 2. The molecule has 0 unspecified atom stereocenters. The van der Waals surface area contributed by atoms with Gasteiger partial charge >= 0.3 is 0 Å². The molecule has 0 aliphatic rings.